The van der Waals surface area contributed by atoms with Crippen LogP contribution in [0.5, 0.6) is 5.75 Å². The van der Waals surface area contributed by atoms with Gasteiger partial charge in [-0.1, -0.05) is 11.6 Å². The predicted octanol–water partition coefficient (Wildman–Crippen LogP) is 2.33. The van der Waals surface area contributed by atoms with Gasteiger partial charge in [-0.05, 0) is 49.9 Å². The van der Waals surface area contributed by atoms with E-state index in [-0.39, 0.29) is 6.61 Å². The zero-order chi connectivity index (χ0) is 12.8. The first-order valence-electron chi connectivity index (χ1n) is 5.79. The van der Waals surface area contributed by atoms with E-state index in [4.69, 9.17) is 21.4 Å². The van der Waals surface area contributed by atoms with E-state index in [2.05, 4.69) is 0 Å². The van der Waals surface area contributed by atoms with Crippen LogP contribution in [0.3, 0.4) is 0 Å². The molecule has 96 valence electrons. The van der Waals surface area contributed by atoms with Crippen molar-refractivity contribution >= 4 is 11.6 Å². The third kappa shape index (κ3) is 4.19. The third-order valence-electron chi connectivity index (χ3n) is 2.60. The van der Waals surface area contributed by atoms with Gasteiger partial charge in [-0.2, -0.15) is 0 Å². The second-order valence-corrected chi connectivity index (χ2v) is 4.42. The molecule has 0 heterocycles. The maximum atomic E-state index is 9.34. The normalized spacial score (nSPS) is 12.5. The summed E-state index contributed by atoms with van der Waals surface area (Å²) in [5, 5.41) is 18.8. The average Bonchev–Trinajstić information content (AvgIpc) is 2.31. The van der Waals surface area contributed by atoms with Gasteiger partial charge in [0.05, 0.1) is 19.3 Å². The van der Waals surface area contributed by atoms with Crippen molar-refractivity contribution in [2.24, 2.45) is 0 Å². The smallest absolute Gasteiger partial charge is 0.122 e. The maximum Gasteiger partial charge on any atom is 0.122 e. The maximum absolute atomic E-state index is 9.34. The van der Waals surface area contributed by atoms with E-state index in [0.717, 1.165) is 16.9 Å². The molecule has 0 saturated heterocycles. The van der Waals surface area contributed by atoms with Crippen LogP contribution in [0.2, 0.25) is 5.02 Å². The van der Waals surface area contributed by atoms with Crippen LogP contribution in [0.25, 0.3) is 0 Å². The summed E-state index contributed by atoms with van der Waals surface area (Å²) in [5.74, 6) is 0.805. The van der Waals surface area contributed by atoms with Crippen molar-refractivity contribution in [2.45, 2.75) is 32.8 Å². The molecular weight excluding hydrogens is 240 g/mol. The van der Waals surface area contributed by atoms with Gasteiger partial charge in [-0.3, -0.25) is 0 Å². The third-order valence-corrected chi connectivity index (χ3v) is 3.01. The van der Waals surface area contributed by atoms with Gasteiger partial charge in [0.25, 0.3) is 0 Å². The van der Waals surface area contributed by atoms with Crippen LogP contribution in [0.15, 0.2) is 12.1 Å². The van der Waals surface area contributed by atoms with E-state index in [9.17, 15) is 5.11 Å². The number of ether oxygens (including phenoxy) is 1. The first-order chi connectivity index (χ1) is 8.08. The Morgan fingerprint density at radius 1 is 1.41 bits per heavy atom. The Bertz CT molecular complexity index is 366. The number of aliphatic hydroxyl groups is 2. The average molecular weight is 259 g/mol. The van der Waals surface area contributed by atoms with E-state index < -0.39 is 6.10 Å². The minimum Gasteiger partial charge on any atom is -0.494 e. The summed E-state index contributed by atoms with van der Waals surface area (Å²) in [5.41, 5.74) is 1.94. The summed E-state index contributed by atoms with van der Waals surface area (Å²) in [6, 6.07) is 3.78. The molecule has 0 spiro atoms. The summed E-state index contributed by atoms with van der Waals surface area (Å²) < 4.78 is 5.54. The van der Waals surface area contributed by atoms with Crippen molar-refractivity contribution in [3.8, 4) is 5.75 Å². The highest BCUT2D eigenvalue weighted by atomic mass is 35.5. The highest BCUT2D eigenvalue weighted by Gasteiger charge is 2.10. The predicted molar refractivity (Wildman–Crippen MR) is 68.8 cm³/mol. The SMILES string of the molecule is CCOc1cc(C)c(Cl)cc1CCC(O)CO. The Balaban J connectivity index is 2.84. The number of aliphatic hydroxyl groups excluding tert-OH is 2. The molecule has 1 aromatic rings. The number of hydrogen-bond donors (Lipinski definition) is 2. The summed E-state index contributed by atoms with van der Waals surface area (Å²) in [7, 11) is 0. The lowest BCUT2D eigenvalue weighted by Gasteiger charge is -2.13. The van der Waals surface area contributed by atoms with Crippen LogP contribution in [0.4, 0.5) is 0 Å². The zero-order valence-corrected chi connectivity index (χ0v) is 11.0. The standard InChI is InChI=1S/C13H19ClO3/c1-3-17-13-6-9(2)12(14)7-10(13)4-5-11(16)8-15/h6-7,11,15-16H,3-5,8H2,1-2H3. The number of halogens is 1. The number of benzene rings is 1. The number of hydrogen-bond acceptors (Lipinski definition) is 3. The second-order valence-electron chi connectivity index (χ2n) is 4.02. The first-order valence-corrected chi connectivity index (χ1v) is 6.17. The highest BCUT2D eigenvalue weighted by molar-refractivity contribution is 6.31. The molecule has 4 heteroatoms. The fourth-order valence-electron chi connectivity index (χ4n) is 1.59. The van der Waals surface area contributed by atoms with Crippen LogP contribution >= 0.6 is 11.6 Å². The lowest BCUT2D eigenvalue weighted by atomic mass is 10.0. The first kappa shape index (κ1) is 14.3. The Labute approximate surface area is 107 Å². The Morgan fingerprint density at radius 3 is 2.71 bits per heavy atom. The van der Waals surface area contributed by atoms with Gasteiger partial charge in [0.2, 0.25) is 0 Å². The Kier molecular flexibility index (Phi) is 5.75. The van der Waals surface area contributed by atoms with Crippen LogP contribution < -0.4 is 4.74 Å². The molecule has 1 atom stereocenters. The molecule has 1 unspecified atom stereocenters. The molecule has 0 aliphatic carbocycles. The monoisotopic (exact) mass is 258 g/mol. The molecule has 0 fully saturated rings. The molecule has 17 heavy (non-hydrogen) atoms. The zero-order valence-electron chi connectivity index (χ0n) is 10.2. The van der Waals surface area contributed by atoms with Crippen LogP contribution in [0, 0.1) is 6.92 Å². The van der Waals surface area contributed by atoms with Gasteiger partial charge in [-0.25, -0.2) is 0 Å². The molecular formula is C13H19ClO3. The molecule has 2 N–H and O–H groups in total. The van der Waals surface area contributed by atoms with Crippen molar-refractivity contribution in [3.63, 3.8) is 0 Å². The highest BCUT2D eigenvalue weighted by Crippen LogP contribution is 2.28. The molecule has 0 saturated carbocycles. The molecule has 0 aromatic heterocycles. The lowest BCUT2D eigenvalue weighted by Crippen LogP contribution is -2.13. The summed E-state index contributed by atoms with van der Waals surface area (Å²) >= 11 is 6.07. The van der Waals surface area contributed by atoms with E-state index in [1.807, 2.05) is 26.0 Å². The van der Waals surface area contributed by atoms with Crippen molar-refractivity contribution in [1.82, 2.24) is 0 Å². The van der Waals surface area contributed by atoms with E-state index >= 15 is 0 Å². The molecule has 0 radical (unpaired) electrons. The molecule has 3 nitrogen and oxygen atoms in total. The van der Waals surface area contributed by atoms with Gasteiger partial charge in [-0.15, -0.1) is 0 Å². The molecule has 1 rings (SSSR count). The van der Waals surface area contributed by atoms with Crippen molar-refractivity contribution in [2.75, 3.05) is 13.2 Å². The Hall–Kier alpha value is -0.770. The lowest BCUT2D eigenvalue weighted by molar-refractivity contribution is 0.0884. The largest absolute Gasteiger partial charge is 0.494 e. The number of rotatable bonds is 6. The molecule has 1 aromatic carbocycles. The molecule has 0 aliphatic rings. The van der Waals surface area contributed by atoms with Crippen molar-refractivity contribution in [3.05, 3.63) is 28.3 Å². The molecule has 0 bridgehead atoms. The van der Waals surface area contributed by atoms with Gasteiger partial charge in [0, 0.05) is 5.02 Å². The van der Waals surface area contributed by atoms with E-state index in [0.29, 0.717) is 24.5 Å². The van der Waals surface area contributed by atoms with Gasteiger partial charge in [0.1, 0.15) is 5.75 Å². The quantitative estimate of drug-likeness (QED) is 0.823. The van der Waals surface area contributed by atoms with E-state index in [1.54, 1.807) is 0 Å². The molecule has 0 aliphatic heterocycles. The minimum atomic E-state index is -0.690. The topological polar surface area (TPSA) is 49.7 Å². The van der Waals surface area contributed by atoms with Crippen molar-refractivity contribution in [1.29, 1.82) is 0 Å². The van der Waals surface area contributed by atoms with Crippen molar-refractivity contribution < 1.29 is 14.9 Å². The van der Waals surface area contributed by atoms with Crippen LogP contribution in [-0.4, -0.2) is 29.5 Å². The van der Waals surface area contributed by atoms with E-state index in [1.165, 1.54) is 0 Å². The fourth-order valence-corrected chi connectivity index (χ4v) is 1.78. The van der Waals surface area contributed by atoms with Crippen LogP contribution in [-0.2, 0) is 6.42 Å². The van der Waals surface area contributed by atoms with Gasteiger partial charge in [0.15, 0.2) is 0 Å². The summed E-state index contributed by atoms with van der Waals surface area (Å²) in [6.45, 7) is 4.23. The molecule has 0 amide bonds. The summed E-state index contributed by atoms with van der Waals surface area (Å²) in [4.78, 5) is 0. The van der Waals surface area contributed by atoms with Crippen LogP contribution in [0.1, 0.15) is 24.5 Å². The minimum absolute atomic E-state index is 0.219. The number of aryl methyl sites for hydroxylation is 2. The fraction of sp³-hybridized carbons (Fsp3) is 0.538. The summed E-state index contributed by atoms with van der Waals surface area (Å²) in [6.07, 6.45) is 0.442. The van der Waals surface area contributed by atoms with Gasteiger partial charge < -0.3 is 14.9 Å². The van der Waals surface area contributed by atoms with Gasteiger partial charge >= 0.3 is 0 Å². The second kappa shape index (κ2) is 6.84. The Morgan fingerprint density at radius 2 is 2.12 bits per heavy atom.